The molecular formula is C24H33FN2O4S. The number of amides is 1. The van der Waals surface area contributed by atoms with Crippen LogP contribution in [0, 0.1) is 5.82 Å². The Morgan fingerprint density at radius 2 is 1.81 bits per heavy atom. The second kappa shape index (κ2) is 8.06. The Morgan fingerprint density at radius 1 is 1.16 bits per heavy atom. The minimum absolute atomic E-state index is 0.00915. The van der Waals surface area contributed by atoms with Crippen LogP contribution in [0.15, 0.2) is 24.3 Å². The molecular weight excluding hydrogens is 431 g/mol. The van der Waals surface area contributed by atoms with Gasteiger partial charge in [0, 0.05) is 12.6 Å². The van der Waals surface area contributed by atoms with Crippen LogP contribution in [-0.2, 0) is 24.8 Å². The zero-order valence-electron chi connectivity index (χ0n) is 18.8. The molecule has 1 spiro atoms. The van der Waals surface area contributed by atoms with Crippen molar-refractivity contribution in [3.8, 4) is 0 Å². The van der Waals surface area contributed by atoms with Crippen molar-refractivity contribution < 1.29 is 22.3 Å². The minimum atomic E-state index is -3.30. The number of halogens is 1. The number of hydrogen-bond donors (Lipinski definition) is 0. The highest BCUT2D eigenvalue weighted by atomic mass is 32.2. The van der Waals surface area contributed by atoms with Gasteiger partial charge in [-0.05, 0) is 50.4 Å². The zero-order valence-corrected chi connectivity index (χ0v) is 19.6. The predicted octanol–water partition coefficient (Wildman–Crippen LogP) is 2.52. The van der Waals surface area contributed by atoms with Crippen LogP contribution in [0.3, 0.4) is 0 Å². The Bertz CT molecular complexity index is 964. The molecule has 1 atom stereocenters. The number of carbonyl (C=O) groups is 1. The van der Waals surface area contributed by atoms with Gasteiger partial charge in [-0.25, -0.2) is 12.8 Å². The largest absolute Gasteiger partial charge is 0.369 e. The van der Waals surface area contributed by atoms with Crippen molar-refractivity contribution in [2.24, 2.45) is 0 Å². The van der Waals surface area contributed by atoms with Gasteiger partial charge in [-0.2, -0.15) is 0 Å². The highest BCUT2D eigenvalue weighted by Crippen LogP contribution is 2.51. The molecule has 2 saturated heterocycles. The summed E-state index contributed by atoms with van der Waals surface area (Å²) >= 11 is 0. The number of ether oxygens (including phenoxy) is 1. The number of carbonyl (C=O) groups excluding carboxylic acids is 1. The van der Waals surface area contributed by atoms with E-state index in [1.54, 1.807) is 17.0 Å². The molecule has 0 radical (unpaired) electrons. The number of sulfone groups is 1. The van der Waals surface area contributed by atoms with Gasteiger partial charge in [0.2, 0.25) is 5.91 Å². The summed E-state index contributed by atoms with van der Waals surface area (Å²) in [7, 11) is -1.27. The summed E-state index contributed by atoms with van der Waals surface area (Å²) in [4.78, 5) is 17.1. The van der Waals surface area contributed by atoms with E-state index in [2.05, 4.69) is 4.90 Å². The molecule has 1 amide bonds. The quantitative estimate of drug-likeness (QED) is 0.670. The summed E-state index contributed by atoms with van der Waals surface area (Å²) in [6.07, 6.45) is 7.48. The summed E-state index contributed by atoms with van der Waals surface area (Å²) in [5.74, 6) is -0.324. The topological polar surface area (TPSA) is 66.9 Å². The summed E-state index contributed by atoms with van der Waals surface area (Å²) in [5, 5.41) is -0.501. The molecule has 2 aliphatic heterocycles. The van der Waals surface area contributed by atoms with E-state index >= 15 is 0 Å². The lowest BCUT2D eigenvalue weighted by molar-refractivity contribution is -0.167. The maximum Gasteiger partial charge on any atom is 0.233 e. The van der Waals surface area contributed by atoms with Crippen LogP contribution < -0.4 is 0 Å². The maximum atomic E-state index is 13.3. The Kier molecular flexibility index (Phi) is 5.62. The van der Waals surface area contributed by atoms with Crippen molar-refractivity contribution in [1.29, 1.82) is 0 Å². The Hall–Kier alpha value is -1.51. The van der Waals surface area contributed by atoms with Crippen LogP contribution in [0.1, 0.15) is 50.5 Å². The lowest BCUT2D eigenvalue weighted by atomic mass is 9.89. The molecule has 1 aromatic rings. The molecule has 4 aliphatic rings. The number of benzene rings is 1. The van der Waals surface area contributed by atoms with E-state index in [-0.39, 0.29) is 24.1 Å². The van der Waals surface area contributed by atoms with Gasteiger partial charge in [0.05, 0.1) is 36.1 Å². The Morgan fingerprint density at radius 3 is 2.41 bits per heavy atom. The highest BCUT2D eigenvalue weighted by Gasteiger charge is 2.60. The van der Waals surface area contributed by atoms with Crippen molar-refractivity contribution in [1.82, 2.24) is 9.80 Å². The molecule has 2 aliphatic carbocycles. The average molecular weight is 465 g/mol. The van der Waals surface area contributed by atoms with Gasteiger partial charge in [-0.1, -0.05) is 31.4 Å². The molecule has 32 heavy (non-hydrogen) atoms. The van der Waals surface area contributed by atoms with E-state index in [0.29, 0.717) is 25.7 Å². The van der Waals surface area contributed by atoms with Crippen molar-refractivity contribution in [2.45, 2.75) is 67.3 Å². The molecule has 0 bridgehead atoms. The average Bonchev–Trinajstić information content (AvgIpc) is 3.56. The van der Waals surface area contributed by atoms with Gasteiger partial charge in [-0.3, -0.25) is 4.79 Å². The van der Waals surface area contributed by atoms with Gasteiger partial charge >= 0.3 is 0 Å². The fourth-order valence-corrected chi connectivity index (χ4v) is 7.83. The summed E-state index contributed by atoms with van der Waals surface area (Å²) in [6, 6.07) is 6.62. The van der Waals surface area contributed by atoms with E-state index in [4.69, 9.17) is 4.74 Å². The number of nitrogens with zero attached hydrogens (tertiary/aromatic N) is 2. The van der Waals surface area contributed by atoms with E-state index in [1.807, 2.05) is 7.05 Å². The van der Waals surface area contributed by atoms with E-state index in [9.17, 15) is 17.6 Å². The van der Waals surface area contributed by atoms with Gasteiger partial charge in [0.1, 0.15) is 11.4 Å². The first-order valence-electron chi connectivity index (χ1n) is 11.8. The van der Waals surface area contributed by atoms with Crippen LogP contribution >= 0.6 is 0 Å². The third-order valence-electron chi connectivity index (χ3n) is 8.04. The van der Waals surface area contributed by atoms with Crippen LogP contribution in [0.4, 0.5) is 4.39 Å². The molecule has 176 valence electrons. The molecule has 0 aromatic heterocycles. The molecule has 5 rings (SSSR count). The molecule has 6 nitrogen and oxygen atoms in total. The Labute approximate surface area is 190 Å². The van der Waals surface area contributed by atoms with Crippen LogP contribution in [0.25, 0.3) is 0 Å². The molecule has 2 saturated carbocycles. The minimum Gasteiger partial charge on any atom is -0.369 e. The second-order valence-corrected chi connectivity index (χ2v) is 12.7. The molecule has 2 heterocycles. The van der Waals surface area contributed by atoms with E-state index < -0.39 is 26.1 Å². The normalized spacial score (nSPS) is 28.5. The standard InChI is InChI=1S/C24H33FN2O4S/c1-26(20-5-3-2-4-6-20)13-21-14-31-23(17-32(21,29)30)15-27(16-23)22(28)24(11-12-24)18-7-9-19(25)10-8-18/h7-10,20-21H,2-6,11-17H2,1H3/t21-/m0/s1. The fourth-order valence-electron chi connectivity index (χ4n) is 5.86. The van der Waals surface area contributed by atoms with Crippen LogP contribution in [0.5, 0.6) is 0 Å². The van der Waals surface area contributed by atoms with Crippen LogP contribution in [-0.4, -0.2) is 80.1 Å². The molecule has 8 heteroatoms. The van der Waals surface area contributed by atoms with E-state index in [1.165, 1.54) is 31.4 Å². The second-order valence-electron chi connectivity index (χ2n) is 10.4. The van der Waals surface area contributed by atoms with Crippen molar-refractivity contribution >= 4 is 15.7 Å². The van der Waals surface area contributed by atoms with Gasteiger partial charge in [0.15, 0.2) is 9.84 Å². The summed E-state index contributed by atoms with van der Waals surface area (Å²) in [6.45, 7) is 1.35. The molecule has 0 unspecified atom stereocenters. The predicted molar refractivity (Wildman–Crippen MR) is 120 cm³/mol. The third-order valence-corrected chi connectivity index (χ3v) is 10.3. The number of rotatable bonds is 5. The molecule has 4 fully saturated rings. The fraction of sp³-hybridized carbons (Fsp3) is 0.708. The summed E-state index contributed by atoms with van der Waals surface area (Å²) < 4.78 is 45.6. The van der Waals surface area contributed by atoms with Crippen molar-refractivity contribution in [2.75, 3.05) is 39.0 Å². The smallest absolute Gasteiger partial charge is 0.233 e. The number of hydrogen-bond acceptors (Lipinski definition) is 5. The maximum absolute atomic E-state index is 13.3. The SMILES string of the molecule is CN(C[C@H]1COC2(CN(C(=O)C3(c4ccc(F)cc4)CC3)C2)CS1(=O)=O)C1CCCCC1. The van der Waals surface area contributed by atoms with E-state index in [0.717, 1.165) is 31.2 Å². The van der Waals surface area contributed by atoms with Crippen molar-refractivity contribution in [3.63, 3.8) is 0 Å². The van der Waals surface area contributed by atoms with Crippen molar-refractivity contribution in [3.05, 3.63) is 35.6 Å². The van der Waals surface area contributed by atoms with Gasteiger partial charge in [0.25, 0.3) is 0 Å². The third kappa shape index (κ3) is 3.99. The lowest BCUT2D eigenvalue weighted by Gasteiger charge is -2.53. The zero-order chi connectivity index (χ0) is 22.6. The number of likely N-dealkylation sites (tertiary alicyclic amines) is 1. The molecule has 1 aromatic carbocycles. The van der Waals surface area contributed by atoms with Crippen LogP contribution in [0.2, 0.25) is 0 Å². The van der Waals surface area contributed by atoms with Gasteiger partial charge in [-0.15, -0.1) is 0 Å². The highest BCUT2D eigenvalue weighted by molar-refractivity contribution is 7.92. The van der Waals surface area contributed by atoms with Gasteiger partial charge < -0.3 is 14.5 Å². The lowest BCUT2D eigenvalue weighted by Crippen LogP contribution is -2.72. The summed E-state index contributed by atoms with van der Waals surface area (Å²) in [5.41, 5.74) is -0.505. The first-order chi connectivity index (χ1) is 15.2. The molecule has 0 N–H and O–H groups in total. The first-order valence-corrected chi connectivity index (χ1v) is 13.6. The monoisotopic (exact) mass is 464 g/mol. The Balaban J connectivity index is 1.19. The first kappa shape index (κ1) is 22.3.